The van der Waals surface area contributed by atoms with E-state index in [-0.39, 0.29) is 17.5 Å². The number of piperidine rings is 3. The fourth-order valence-corrected chi connectivity index (χ4v) is 5.81. The minimum Gasteiger partial charge on any atom is -0.346 e. The number of halogens is 3. The van der Waals surface area contributed by atoms with Gasteiger partial charge in [-0.1, -0.05) is 0 Å². The summed E-state index contributed by atoms with van der Waals surface area (Å²) < 4.78 is 39.4. The van der Waals surface area contributed by atoms with Crippen LogP contribution in [0.3, 0.4) is 0 Å². The first-order valence-corrected chi connectivity index (χ1v) is 9.85. The minimum atomic E-state index is -4.37. The number of alkyl halides is 3. The van der Waals surface area contributed by atoms with Crippen LogP contribution in [0, 0.1) is 5.92 Å². The summed E-state index contributed by atoms with van der Waals surface area (Å²) in [4.78, 5) is 15.8. The first kappa shape index (κ1) is 16.6. The number of hydrogen-bond acceptors (Lipinski definition) is 3. The van der Waals surface area contributed by atoms with Crippen LogP contribution < -0.4 is 5.32 Å². The lowest BCUT2D eigenvalue weighted by Gasteiger charge is -2.52. The zero-order valence-electron chi connectivity index (χ0n) is 14.1. The molecular weight excluding hydrogens is 361 g/mol. The molecule has 7 heteroatoms. The number of rotatable bonds is 2. The first-order chi connectivity index (χ1) is 12.4. The smallest absolute Gasteiger partial charge is 0.346 e. The van der Waals surface area contributed by atoms with Crippen LogP contribution in [0.1, 0.15) is 40.9 Å². The molecule has 4 aliphatic rings. The Labute approximate surface area is 153 Å². The van der Waals surface area contributed by atoms with E-state index in [0.717, 1.165) is 50.9 Å². The van der Waals surface area contributed by atoms with Gasteiger partial charge in [0.1, 0.15) is 0 Å². The predicted molar refractivity (Wildman–Crippen MR) is 94.3 cm³/mol. The Kier molecular flexibility index (Phi) is 3.47. The van der Waals surface area contributed by atoms with Gasteiger partial charge in [-0.2, -0.15) is 13.2 Å². The second kappa shape index (κ2) is 5.45. The molecule has 1 N–H and O–H groups in total. The van der Waals surface area contributed by atoms with E-state index in [4.69, 9.17) is 0 Å². The molecule has 4 fully saturated rings. The summed E-state index contributed by atoms with van der Waals surface area (Å²) in [6, 6.07) is 5.42. The second-order valence-corrected chi connectivity index (χ2v) is 8.82. The summed E-state index contributed by atoms with van der Waals surface area (Å²) >= 11 is 1.26. The molecule has 1 aromatic heterocycles. The van der Waals surface area contributed by atoms with Crippen LogP contribution in [0.4, 0.5) is 13.2 Å². The molecule has 2 bridgehead atoms. The maximum Gasteiger partial charge on any atom is 0.416 e. The molecule has 1 saturated carbocycles. The van der Waals surface area contributed by atoms with E-state index in [2.05, 4.69) is 10.2 Å². The summed E-state index contributed by atoms with van der Waals surface area (Å²) in [7, 11) is 0. The number of nitrogens with one attached hydrogen (secondary N) is 1. The Morgan fingerprint density at radius 2 is 1.92 bits per heavy atom. The SMILES string of the molecule is O=C(N[C@@H]1C2CCN(CC2)C12CC2)c1cc2cc(C(F)(F)F)ccc2s1. The molecule has 1 amide bonds. The van der Waals surface area contributed by atoms with Crippen LogP contribution in [-0.4, -0.2) is 35.5 Å². The van der Waals surface area contributed by atoms with Gasteiger partial charge in [-0.05, 0) is 74.3 Å². The third-order valence-corrected chi connectivity index (χ3v) is 7.45. The third kappa shape index (κ3) is 2.47. The highest BCUT2D eigenvalue weighted by Crippen LogP contribution is 2.53. The van der Waals surface area contributed by atoms with Crippen LogP contribution in [0.2, 0.25) is 0 Å². The fraction of sp³-hybridized carbons (Fsp3) is 0.526. The van der Waals surface area contributed by atoms with Gasteiger partial charge in [-0.3, -0.25) is 9.69 Å². The molecule has 3 aliphatic heterocycles. The van der Waals surface area contributed by atoms with Crippen LogP contribution in [0.25, 0.3) is 10.1 Å². The van der Waals surface area contributed by atoms with Crippen molar-refractivity contribution in [1.29, 1.82) is 0 Å². The molecule has 1 aliphatic carbocycles. The Hall–Kier alpha value is -1.60. The zero-order chi connectivity index (χ0) is 18.1. The molecular formula is C19H19F3N2OS. The fourth-order valence-electron chi connectivity index (χ4n) is 4.86. The number of carbonyl (C=O) groups excluding carboxylic acids is 1. The van der Waals surface area contributed by atoms with E-state index in [1.807, 2.05) is 0 Å². The van der Waals surface area contributed by atoms with Gasteiger partial charge < -0.3 is 5.32 Å². The maximum atomic E-state index is 12.9. The molecule has 0 radical (unpaired) electrons. The van der Waals surface area contributed by atoms with Crippen molar-refractivity contribution in [3.8, 4) is 0 Å². The second-order valence-electron chi connectivity index (χ2n) is 7.74. The molecule has 3 nitrogen and oxygen atoms in total. The topological polar surface area (TPSA) is 32.3 Å². The van der Waals surface area contributed by atoms with Gasteiger partial charge in [0.25, 0.3) is 5.91 Å². The van der Waals surface area contributed by atoms with Crippen LogP contribution in [0.5, 0.6) is 0 Å². The van der Waals surface area contributed by atoms with Crippen molar-refractivity contribution in [2.45, 2.75) is 43.4 Å². The number of hydrogen-bond donors (Lipinski definition) is 1. The molecule has 1 atom stereocenters. The molecule has 26 heavy (non-hydrogen) atoms. The molecule has 3 saturated heterocycles. The number of thiophene rings is 1. The van der Waals surface area contributed by atoms with Crippen LogP contribution in [0.15, 0.2) is 24.3 Å². The normalized spacial score (nSPS) is 29.3. The van der Waals surface area contributed by atoms with Gasteiger partial charge in [0.05, 0.1) is 16.5 Å². The summed E-state index contributed by atoms with van der Waals surface area (Å²) in [5.41, 5.74) is -0.527. The van der Waals surface area contributed by atoms with Crippen molar-refractivity contribution >= 4 is 27.3 Å². The van der Waals surface area contributed by atoms with Crippen molar-refractivity contribution in [3.63, 3.8) is 0 Å². The van der Waals surface area contributed by atoms with E-state index in [1.54, 1.807) is 6.07 Å². The van der Waals surface area contributed by atoms with Crippen molar-refractivity contribution < 1.29 is 18.0 Å². The van der Waals surface area contributed by atoms with E-state index >= 15 is 0 Å². The average molecular weight is 380 g/mol. The summed E-state index contributed by atoms with van der Waals surface area (Å²) in [5, 5.41) is 3.71. The van der Waals surface area contributed by atoms with Crippen molar-refractivity contribution in [1.82, 2.24) is 10.2 Å². The quantitative estimate of drug-likeness (QED) is 0.844. The average Bonchev–Trinajstić information content (AvgIpc) is 3.26. The van der Waals surface area contributed by atoms with Gasteiger partial charge in [-0.25, -0.2) is 0 Å². The van der Waals surface area contributed by atoms with E-state index in [1.165, 1.54) is 17.4 Å². The van der Waals surface area contributed by atoms with Crippen molar-refractivity contribution in [2.75, 3.05) is 13.1 Å². The first-order valence-electron chi connectivity index (χ1n) is 9.04. The molecule has 2 aromatic rings. The Morgan fingerprint density at radius 1 is 1.19 bits per heavy atom. The monoisotopic (exact) mass is 380 g/mol. The van der Waals surface area contributed by atoms with E-state index in [0.29, 0.717) is 20.9 Å². The van der Waals surface area contributed by atoms with E-state index in [9.17, 15) is 18.0 Å². The predicted octanol–water partition coefficient (Wildman–Crippen LogP) is 4.28. The molecule has 138 valence electrons. The third-order valence-electron chi connectivity index (χ3n) is 6.34. The summed E-state index contributed by atoms with van der Waals surface area (Å²) in [5.74, 6) is 0.377. The van der Waals surface area contributed by atoms with Gasteiger partial charge in [0.15, 0.2) is 0 Å². The highest BCUT2D eigenvalue weighted by atomic mass is 32.1. The van der Waals surface area contributed by atoms with Crippen LogP contribution in [-0.2, 0) is 6.18 Å². The Balaban J connectivity index is 1.40. The lowest BCUT2D eigenvalue weighted by Crippen LogP contribution is -2.65. The minimum absolute atomic E-state index is 0.148. The van der Waals surface area contributed by atoms with Gasteiger partial charge in [0, 0.05) is 10.2 Å². The largest absolute Gasteiger partial charge is 0.416 e. The van der Waals surface area contributed by atoms with Gasteiger partial charge in [0.2, 0.25) is 0 Å². The highest BCUT2D eigenvalue weighted by Gasteiger charge is 2.60. The molecule has 0 unspecified atom stereocenters. The number of fused-ring (bicyclic) bond motifs is 3. The maximum absolute atomic E-state index is 12.9. The number of carbonyl (C=O) groups is 1. The van der Waals surface area contributed by atoms with Gasteiger partial charge >= 0.3 is 6.18 Å². The van der Waals surface area contributed by atoms with Crippen LogP contribution >= 0.6 is 11.3 Å². The summed E-state index contributed by atoms with van der Waals surface area (Å²) in [6.07, 6.45) is 0.139. The standard InChI is InChI=1S/C19H19F3N2OS/c20-19(21,22)13-1-2-14-12(9-13)10-15(26-14)17(25)23-16-11-3-7-24(8-4-11)18(16)5-6-18/h1-2,9-11,16H,3-8H2,(H,23,25)/t16-/m1/s1. The van der Waals surface area contributed by atoms with Crippen molar-refractivity contribution in [3.05, 3.63) is 34.7 Å². The van der Waals surface area contributed by atoms with Gasteiger partial charge in [-0.15, -0.1) is 11.3 Å². The molecule has 6 rings (SSSR count). The molecule has 4 heterocycles. The Morgan fingerprint density at radius 3 is 2.58 bits per heavy atom. The molecule has 1 aromatic carbocycles. The summed E-state index contributed by atoms with van der Waals surface area (Å²) in [6.45, 7) is 2.25. The number of nitrogens with zero attached hydrogens (tertiary/aromatic N) is 1. The molecule has 1 spiro atoms. The zero-order valence-corrected chi connectivity index (χ0v) is 14.9. The Bertz CT molecular complexity index is 879. The lowest BCUT2D eigenvalue weighted by atomic mass is 9.77. The number of amides is 1. The van der Waals surface area contributed by atoms with E-state index < -0.39 is 11.7 Å². The van der Waals surface area contributed by atoms with Crippen molar-refractivity contribution in [2.24, 2.45) is 5.92 Å². The lowest BCUT2D eigenvalue weighted by molar-refractivity contribution is -0.137. The number of benzene rings is 1. The highest BCUT2D eigenvalue weighted by molar-refractivity contribution is 7.20.